The van der Waals surface area contributed by atoms with Crippen LogP contribution in [0.15, 0.2) is 24.3 Å². The lowest BCUT2D eigenvalue weighted by molar-refractivity contribution is 0.102. The van der Waals surface area contributed by atoms with Gasteiger partial charge in [-0.2, -0.15) is 0 Å². The fourth-order valence-electron chi connectivity index (χ4n) is 1.52. The highest BCUT2D eigenvalue weighted by molar-refractivity contribution is 7.20. The van der Waals surface area contributed by atoms with Crippen molar-refractivity contribution in [3.05, 3.63) is 49.9 Å². The van der Waals surface area contributed by atoms with Crippen molar-refractivity contribution in [2.75, 3.05) is 11.9 Å². The van der Waals surface area contributed by atoms with Crippen LogP contribution in [0.3, 0.4) is 0 Å². The first-order valence-corrected chi connectivity index (χ1v) is 7.24. The van der Waals surface area contributed by atoms with Gasteiger partial charge in [-0.15, -0.1) is 11.3 Å². The van der Waals surface area contributed by atoms with Gasteiger partial charge < -0.3 is 10.4 Å². The third-order valence-electron chi connectivity index (χ3n) is 2.43. The molecular weight excluding hydrogens is 336 g/mol. The fourth-order valence-corrected chi connectivity index (χ4v) is 2.98. The Balaban J connectivity index is 2.18. The molecule has 7 heteroatoms. The number of rotatable bonds is 2. The Labute approximate surface area is 134 Å². The summed E-state index contributed by atoms with van der Waals surface area (Å²) in [5.74, 6) is 3.74. The van der Waals surface area contributed by atoms with Crippen LogP contribution in [0.1, 0.15) is 15.9 Å². The number of hydrogen-bond acceptors (Lipinski definition) is 3. The smallest absolute Gasteiger partial charge is 0.258 e. The number of amides is 1. The molecule has 0 unspecified atom stereocenters. The van der Waals surface area contributed by atoms with E-state index in [2.05, 4.69) is 17.2 Å². The number of nitrogens with one attached hydrogen (secondary N) is 1. The molecular formula is C14H8Cl2FNO2S. The van der Waals surface area contributed by atoms with E-state index in [1.165, 1.54) is 18.2 Å². The van der Waals surface area contributed by atoms with Crippen LogP contribution in [-0.4, -0.2) is 17.6 Å². The molecule has 108 valence electrons. The molecule has 0 aliphatic heterocycles. The molecule has 0 fully saturated rings. The second kappa shape index (κ2) is 6.92. The maximum absolute atomic E-state index is 13.7. The van der Waals surface area contributed by atoms with E-state index in [0.717, 1.165) is 17.4 Å². The summed E-state index contributed by atoms with van der Waals surface area (Å²) in [6.45, 7) is -0.352. The molecule has 21 heavy (non-hydrogen) atoms. The Bertz CT molecular complexity index is 749. The third-order valence-corrected chi connectivity index (χ3v) is 3.92. The lowest BCUT2D eigenvalue weighted by atomic mass is 10.2. The Morgan fingerprint density at radius 2 is 2.14 bits per heavy atom. The molecule has 0 saturated carbocycles. The van der Waals surface area contributed by atoms with E-state index in [1.54, 1.807) is 0 Å². The van der Waals surface area contributed by atoms with Crippen molar-refractivity contribution in [3.8, 4) is 11.8 Å². The van der Waals surface area contributed by atoms with Crippen molar-refractivity contribution in [1.82, 2.24) is 0 Å². The maximum atomic E-state index is 13.7. The summed E-state index contributed by atoms with van der Waals surface area (Å²) in [5.41, 5.74) is 0.639. The summed E-state index contributed by atoms with van der Waals surface area (Å²) in [5, 5.41) is 11.1. The van der Waals surface area contributed by atoms with E-state index in [-0.39, 0.29) is 27.8 Å². The Morgan fingerprint density at radius 1 is 1.38 bits per heavy atom. The first-order chi connectivity index (χ1) is 10.0. The highest BCUT2D eigenvalue weighted by atomic mass is 35.5. The van der Waals surface area contributed by atoms with Gasteiger partial charge in [0.1, 0.15) is 16.8 Å². The number of hydrogen-bond donors (Lipinski definition) is 2. The van der Waals surface area contributed by atoms with E-state index < -0.39 is 11.7 Å². The first kappa shape index (κ1) is 15.8. The Kier molecular flexibility index (Phi) is 5.21. The number of halogens is 3. The zero-order valence-electron chi connectivity index (χ0n) is 10.4. The van der Waals surface area contributed by atoms with E-state index in [9.17, 15) is 9.18 Å². The molecule has 0 aliphatic rings. The lowest BCUT2D eigenvalue weighted by Gasteiger charge is -2.05. The normalized spacial score (nSPS) is 9.90. The topological polar surface area (TPSA) is 49.3 Å². The van der Waals surface area contributed by atoms with Crippen LogP contribution < -0.4 is 5.32 Å². The molecule has 2 N–H and O–H groups in total. The molecule has 1 aromatic carbocycles. The maximum Gasteiger partial charge on any atom is 0.258 e. The molecule has 2 aromatic rings. The summed E-state index contributed by atoms with van der Waals surface area (Å²) in [7, 11) is 0. The second-order valence-corrected chi connectivity index (χ2v) is 6.13. The van der Waals surface area contributed by atoms with Gasteiger partial charge in [-0.1, -0.05) is 35.0 Å². The third kappa shape index (κ3) is 3.96. The summed E-state index contributed by atoms with van der Waals surface area (Å²) < 4.78 is 14.4. The van der Waals surface area contributed by atoms with Crippen molar-refractivity contribution in [2.45, 2.75) is 0 Å². The molecule has 0 aliphatic carbocycles. The van der Waals surface area contributed by atoms with Gasteiger partial charge in [0.2, 0.25) is 0 Å². The zero-order chi connectivity index (χ0) is 15.4. The molecule has 0 radical (unpaired) electrons. The molecule has 0 atom stereocenters. The summed E-state index contributed by atoms with van der Waals surface area (Å²) in [6, 6.07) is 5.50. The van der Waals surface area contributed by atoms with Gasteiger partial charge in [0.15, 0.2) is 0 Å². The second-order valence-electron chi connectivity index (χ2n) is 3.85. The Morgan fingerprint density at radius 3 is 2.71 bits per heavy atom. The molecule has 3 nitrogen and oxygen atoms in total. The molecule has 0 spiro atoms. The van der Waals surface area contributed by atoms with Crippen molar-refractivity contribution in [2.24, 2.45) is 0 Å². The van der Waals surface area contributed by atoms with Gasteiger partial charge in [-0.05, 0) is 24.3 Å². The average molecular weight is 344 g/mol. The standard InChI is InChI=1S/C14H8Cl2FNO2S/c15-12-7-10(13(16)21-12)14(20)18-9-4-3-8(2-1-5-19)11(17)6-9/h3-4,6-7,19H,5H2,(H,18,20). The number of carbonyl (C=O) groups is 1. The van der Waals surface area contributed by atoms with E-state index >= 15 is 0 Å². The minimum atomic E-state index is -0.594. The largest absolute Gasteiger partial charge is 0.384 e. The Hall–Kier alpha value is -1.58. The van der Waals surface area contributed by atoms with Gasteiger partial charge in [0.25, 0.3) is 5.91 Å². The van der Waals surface area contributed by atoms with Crippen molar-refractivity contribution >= 4 is 46.1 Å². The highest BCUT2D eigenvalue weighted by Gasteiger charge is 2.14. The van der Waals surface area contributed by atoms with Crippen LogP contribution in [0.25, 0.3) is 0 Å². The molecule has 0 bridgehead atoms. The van der Waals surface area contributed by atoms with Crippen LogP contribution in [0.4, 0.5) is 10.1 Å². The number of benzene rings is 1. The van der Waals surface area contributed by atoms with Crippen LogP contribution >= 0.6 is 34.5 Å². The molecule has 1 aromatic heterocycles. The van der Waals surface area contributed by atoms with Crippen molar-refractivity contribution < 1.29 is 14.3 Å². The van der Waals surface area contributed by atoms with Gasteiger partial charge in [-0.25, -0.2) is 4.39 Å². The molecule has 2 rings (SSSR count). The predicted molar refractivity (Wildman–Crippen MR) is 82.7 cm³/mol. The van der Waals surface area contributed by atoms with Gasteiger partial charge >= 0.3 is 0 Å². The monoisotopic (exact) mass is 343 g/mol. The van der Waals surface area contributed by atoms with Gasteiger partial charge in [0, 0.05) is 5.69 Å². The summed E-state index contributed by atoms with van der Waals surface area (Å²) >= 11 is 12.7. The lowest BCUT2D eigenvalue weighted by Crippen LogP contribution is -2.11. The van der Waals surface area contributed by atoms with Crippen molar-refractivity contribution in [3.63, 3.8) is 0 Å². The molecule has 1 amide bonds. The van der Waals surface area contributed by atoms with E-state index in [1.807, 2.05) is 0 Å². The van der Waals surface area contributed by atoms with Crippen LogP contribution in [0, 0.1) is 17.7 Å². The number of thiophene rings is 1. The predicted octanol–water partition coefficient (Wildman–Crippen LogP) is 3.79. The minimum absolute atomic E-state index is 0.138. The molecule has 0 saturated heterocycles. The number of carbonyl (C=O) groups excluding carboxylic acids is 1. The van der Waals surface area contributed by atoms with Crippen LogP contribution in [0.2, 0.25) is 8.67 Å². The zero-order valence-corrected chi connectivity index (χ0v) is 12.7. The highest BCUT2D eigenvalue weighted by Crippen LogP contribution is 2.31. The van der Waals surface area contributed by atoms with Gasteiger partial charge in [-0.3, -0.25) is 4.79 Å². The summed E-state index contributed by atoms with van der Waals surface area (Å²) in [6.07, 6.45) is 0. The number of aliphatic hydroxyl groups excluding tert-OH is 1. The van der Waals surface area contributed by atoms with E-state index in [4.69, 9.17) is 28.3 Å². The summed E-state index contributed by atoms with van der Waals surface area (Å²) in [4.78, 5) is 12.0. The SMILES string of the molecule is O=C(Nc1ccc(C#CCO)c(F)c1)c1cc(Cl)sc1Cl. The average Bonchev–Trinajstić information content (AvgIpc) is 2.77. The van der Waals surface area contributed by atoms with Crippen LogP contribution in [-0.2, 0) is 0 Å². The van der Waals surface area contributed by atoms with Crippen molar-refractivity contribution in [1.29, 1.82) is 0 Å². The van der Waals surface area contributed by atoms with Crippen LogP contribution in [0.5, 0.6) is 0 Å². The number of anilines is 1. The number of aliphatic hydroxyl groups is 1. The quantitative estimate of drug-likeness (QED) is 0.815. The molecule has 1 heterocycles. The minimum Gasteiger partial charge on any atom is -0.384 e. The first-order valence-electron chi connectivity index (χ1n) is 5.66. The van der Waals surface area contributed by atoms with E-state index in [0.29, 0.717) is 4.34 Å². The van der Waals surface area contributed by atoms with Gasteiger partial charge in [0.05, 0.1) is 15.5 Å². The fraction of sp³-hybridized carbons (Fsp3) is 0.0714.